The summed E-state index contributed by atoms with van der Waals surface area (Å²) in [7, 11) is 0. The number of carboxylic acids is 1. The summed E-state index contributed by atoms with van der Waals surface area (Å²) in [6.45, 7) is 2.06. The zero-order valence-corrected chi connectivity index (χ0v) is 9.33. The van der Waals surface area contributed by atoms with E-state index in [-0.39, 0.29) is 6.54 Å². The van der Waals surface area contributed by atoms with E-state index in [0.717, 1.165) is 5.56 Å². The molecule has 0 spiro atoms. The summed E-state index contributed by atoms with van der Waals surface area (Å²) in [6, 6.07) is 1.25. The summed E-state index contributed by atoms with van der Waals surface area (Å²) in [5.74, 6) is -0.880. The Kier molecular flexibility index (Phi) is 4.74. The number of hydrogen-bond donors (Lipinski definition) is 3. The number of aliphatic hydroxyl groups is 1. The zero-order valence-electron chi connectivity index (χ0n) is 8.51. The van der Waals surface area contributed by atoms with Gasteiger partial charge in [-0.1, -0.05) is 6.92 Å². The fraction of sp³-hybridized carbons (Fsp3) is 0.500. The first-order valence-electron chi connectivity index (χ1n) is 4.81. The second-order valence-electron chi connectivity index (χ2n) is 3.28. The van der Waals surface area contributed by atoms with Gasteiger partial charge in [0.05, 0.1) is 6.10 Å². The Labute approximate surface area is 92.6 Å². The number of carbonyl (C=O) groups is 1. The lowest BCUT2D eigenvalue weighted by molar-refractivity contribution is -0.139. The Bertz CT molecular complexity index is 300. The number of thiophene rings is 1. The fourth-order valence-corrected chi connectivity index (χ4v) is 1.95. The number of aliphatic hydroxyl groups excluding tert-OH is 1. The van der Waals surface area contributed by atoms with E-state index in [2.05, 4.69) is 5.32 Å². The molecule has 15 heavy (non-hydrogen) atoms. The normalized spacial score (nSPS) is 14.8. The van der Waals surface area contributed by atoms with E-state index in [9.17, 15) is 9.90 Å². The molecule has 2 atom stereocenters. The van der Waals surface area contributed by atoms with Gasteiger partial charge in [0.2, 0.25) is 0 Å². The van der Waals surface area contributed by atoms with Crippen molar-refractivity contribution in [3.8, 4) is 0 Å². The highest BCUT2D eigenvalue weighted by atomic mass is 32.1. The van der Waals surface area contributed by atoms with Crippen LogP contribution >= 0.6 is 11.3 Å². The van der Waals surface area contributed by atoms with Gasteiger partial charge in [0.25, 0.3) is 0 Å². The first-order valence-corrected chi connectivity index (χ1v) is 5.75. The van der Waals surface area contributed by atoms with E-state index >= 15 is 0 Å². The molecule has 0 saturated heterocycles. The van der Waals surface area contributed by atoms with Crippen molar-refractivity contribution in [2.75, 3.05) is 6.54 Å². The Morgan fingerprint density at radius 2 is 2.40 bits per heavy atom. The Morgan fingerprint density at radius 1 is 1.67 bits per heavy atom. The number of aliphatic carboxylic acids is 1. The molecule has 1 aromatic rings. The van der Waals surface area contributed by atoms with Gasteiger partial charge < -0.3 is 15.5 Å². The molecule has 0 aliphatic heterocycles. The molecule has 0 fully saturated rings. The van der Waals surface area contributed by atoms with Crippen LogP contribution in [0, 0.1) is 0 Å². The van der Waals surface area contributed by atoms with Crippen LogP contribution in [0.3, 0.4) is 0 Å². The maximum absolute atomic E-state index is 10.7. The van der Waals surface area contributed by atoms with Gasteiger partial charge >= 0.3 is 5.97 Å². The monoisotopic (exact) mass is 229 g/mol. The maximum Gasteiger partial charge on any atom is 0.320 e. The highest BCUT2D eigenvalue weighted by Gasteiger charge is 2.16. The van der Waals surface area contributed by atoms with Crippen LogP contribution in [-0.2, 0) is 4.79 Å². The van der Waals surface area contributed by atoms with Crippen LogP contribution in [0.4, 0.5) is 0 Å². The van der Waals surface area contributed by atoms with Crippen molar-refractivity contribution in [2.24, 2.45) is 0 Å². The summed E-state index contributed by atoms with van der Waals surface area (Å²) in [4.78, 5) is 10.7. The van der Waals surface area contributed by atoms with E-state index in [1.807, 2.05) is 16.8 Å². The minimum absolute atomic E-state index is 0.265. The smallest absolute Gasteiger partial charge is 0.320 e. The minimum atomic E-state index is -0.880. The summed E-state index contributed by atoms with van der Waals surface area (Å²) in [5.41, 5.74) is 0.827. The number of nitrogens with one attached hydrogen (secondary N) is 1. The summed E-state index contributed by atoms with van der Waals surface area (Å²) in [6.07, 6.45) is -0.129. The van der Waals surface area contributed by atoms with E-state index < -0.39 is 18.1 Å². The molecule has 5 heteroatoms. The average molecular weight is 229 g/mol. The lowest BCUT2D eigenvalue weighted by Crippen LogP contribution is -2.38. The molecular weight excluding hydrogens is 214 g/mol. The third kappa shape index (κ3) is 3.62. The molecular formula is C10H15NO3S. The molecule has 0 bridgehead atoms. The van der Waals surface area contributed by atoms with Gasteiger partial charge in [-0.25, -0.2) is 0 Å². The van der Waals surface area contributed by atoms with Crippen LogP contribution in [0.1, 0.15) is 25.0 Å². The van der Waals surface area contributed by atoms with Crippen molar-refractivity contribution >= 4 is 17.3 Å². The van der Waals surface area contributed by atoms with Gasteiger partial charge in [-0.2, -0.15) is 11.3 Å². The van der Waals surface area contributed by atoms with Crippen LogP contribution in [0.5, 0.6) is 0 Å². The third-order valence-electron chi connectivity index (χ3n) is 2.19. The lowest BCUT2D eigenvalue weighted by Gasteiger charge is -2.15. The second kappa shape index (κ2) is 5.85. The predicted octanol–water partition coefficient (Wildman–Crippen LogP) is 1.23. The van der Waals surface area contributed by atoms with Gasteiger partial charge in [-0.3, -0.25) is 4.79 Å². The minimum Gasteiger partial charge on any atom is -0.480 e. The van der Waals surface area contributed by atoms with Gasteiger partial charge in [-0.05, 0) is 28.8 Å². The van der Waals surface area contributed by atoms with Gasteiger partial charge in [0.15, 0.2) is 0 Å². The molecule has 0 saturated carbocycles. The van der Waals surface area contributed by atoms with Crippen LogP contribution in [0.2, 0.25) is 0 Å². The van der Waals surface area contributed by atoms with E-state index in [4.69, 9.17) is 5.11 Å². The van der Waals surface area contributed by atoms with Gasteiger partial charge in [0.1, 0.15) is 6.04 Å². The van der Waals surface area contributed by atoms with Gasteiger partial charge in [-0.15, -0.1) is 0 Å². The van der Waals surface area contributed by atoms with Crippen LogP contribution in [-0.4, -0.2) is 28.8 Å². The highest BCUT2D eigenvalue weighted by Crippen LogP contribution is 2.15. The Hall–Kier alpha value is -0.910. The van der Waals surface area contributed by atoms with Crippen molar-refractivity contribution in [1.29, 1.82) is 0 Å². The van der Waals surface area contributed by atoms with E-state index in [1.165, 1.54) is 11.3 Å². The molecule has 84 valence electrons. The van der Waals surface area contributed by atoms with Crippen LogP contribution in [0.15, 0.2) is 16.8 Å². The van der Waals surface area contributed by atoms with Crippen molar-refractivity contribution in [1.82, 2.24) is 5.32 Å². The van der Waals surface area contributed by atoms with Crippen molar-refractivity contribution < 1.29 is 15.0 Å². The van der Waals surface area contributed by atoms with Gasteiger partial charge in [0, 0.05) is 6.54 Å². The molecule has 3 N–H and O–H groups in total. The van der Waals surface area contributed by atoms with Crippen molar-refractivity contribution in [3.63, 3.8) is 0 Å². The SMILES string of the molecule is CCC(NCC(O)c1ccsc1)C(=O)O. The lowest BCUT2D eigenvalue weighted by atomic mass is 10.1. The topological polar surface area (TPSA) is 69.6 Å². The van der Waals surface area contributed by atoms with Crippen LogP contribution in [0.25, 0.3) is 0 Å². The molecule has 0 amide bonds. The largest absolute Gasteiger partial charge is 0.480 e. The maximum atomic E-state index is 10.7. The summed E-state index contributed by atoms with van der Waals surface area (Å²) < 4.78 is 0. The molecule has 1 aromatic heterocycles. The van der Waals surface area contributed by atoms with Crippen molar-refractivity contribution in [2.45, 2.75) is 25.5 Å². The average Bonchev–Trinajstić information content (AvgIpc) is 2.70. The Balaban J connectivity index is 2.39. The molecule has 1 rings (SSSR count). The molecule has 4 nitrogen and oxygen atoms in total. The second-order valence-corrected chi connectivity index (χ2v) is 4.06. The Morgan fingerprint density at radius 3 is 2.87 bits per heavy atom. The summed E-state index contributed by atoms with van der Waals surface area (Å²) in [5, 5.41) is 25.0. The quantitative estimate of drug-likeness (QED) is 0.686. The van der Waals surface area contributed by atoms with E-state index in [0.29, 0.717) is 6.42 Å². The molecule has 0 aliphatic rings. The summed E-state index contributed by atoms with van der Waals surface area (Å²) >= 11 is 1.51. The van der Waals surface area contributed by atoms with Crippen LogP contribution < -0.4 is 5.32 Å². The predicted molar refractivity (Wildman–Crippen MR) is 59.0 cm³/mol. The third-order valence-corrected chi connectivity index (χ3v) is 2.89. The number of carboxylic acid groups (broad SMARTS) is 1. The standard InChI is InChI=1S/C10H15NO3S/c1-2-8(10(13)14)11-5-9(12)7-3-4-15-6-7/h3-4,6,8-9,11-12H,2,5H2,1H3,(H,13,14). The molecule has 0 radical (unpaired) electrons. The zero-order chi connectivity index (χ0) is 11.3. The van der Waals surface area contributed by atoms with Crippen molar-refractivity contribution in [3.05, 3.63) is 22.4 Å². The molecule has 2 unspecified atom stereocenters. The fourth-order valence-electron chi connectivity index (χ4n) is 1.24. The molecule has 0 aliphatic carbocycles. The first-order chi connectivity index (χ1) is 7.15. The molecule has 1 heterocycles. The first kappa shape index (κ1) is 12.2. The van der Waals surface area contributed by atoms with E-state index in [1.54, 1.807) is 6.92 Å². The number of hydrogen-bond acceptors (Lipinski definition) is 4. The highest BCUT2D eigenvalue weighted by molar-refractivity contribution is 7.07. The molecule has 0 aromatic carbocycles. The number of rotatable bonds is 6.